The van der Waals surface area contributed by atoms with Crippen LogP contribution < -0.4 is 5.32 Å². The van der Waals surface area contributed by atoms with E-state index in [1.807, 2.05) is 6.07 Å². The zero-order chi connectivity index (χ0) is 14.0. The maximum absolute atomic E-state index is 11.1. The highest BCUT2D eigenvalue weighted by Crippen LogP contribution is 2.31. The molecule has 1 aromatic carbocycles. The molecule has 104 valence electrons. The van der Waals surface area contributed by atoms with Crippen molar-refractivity contribution >= 4 is 27.6 Å². The molecule has 2 rings (SSSR count). The lowest BCUT2D eigenvalue weighted by molar-refractivity contribution is 0.0697. The Balaban J connectivity index is 2.12. The van der Waals surface area contributed by atoms with Crippen LogP contribution in [0.3, 0.4) is 0 Å². The van der Waals surface area contributed by atoms with Crippen molar-refractivity contribution in [3.8, 4) is 0 Å². The van der Waals surface area contributed by atoms with Crippen molar-refractivity contribution in [1.29, 1.82) is 0 Å². The Labute approximate surface area is 122 Å². The van der Waals surface area contributed by atoms with Crippen molar-refractivity contribution in [3.05, 3.63) is 28.2 Å². The molecule has 0 heterocycles. The molecule has 0 bridgehead atoms. The SMILES string of the molecule is CC1CCC(Nc2cc(Br)cc(C(=O)O)c2)C(C)C1. The van der Waals surface area contributed by atoms with Gasteiger partial charge in [0.05, 0.1) is 5.56 Å². The van der Waals surface area contributed by atoms with Crippen LogP contribution in [0.4, 0.5) is 5.69 Å². The Morgan fingerprint density at radius 2 is 2.05 bits per heavy atom. The zero-order valence-electron chi connectivity index (χ0n) is 11.3. The number of halogens is 1. The molecule has 1 fully saturated rings. The second kappa shape index (κ2) is 5.95. The molecule has 3 nitrogen and oxygen atoms in total. The Kier molecular flexibility index (Phi) is 4.50. The lowest BCUT2D eigenvalue weighted by Gasteiger charge is -2.34. The smallest absolute Gasteiger partial charge is 0.335 e. The van der Waals surface area contributed by atoms with E-state index in [9.17, 15) is 4.79 Å². The van der Waals surface area contributed by atoms with E-state index in [2.05, 4.69) is 35.1 Å². The number of benzene rings is 1. The van der Waals surface area contributed by atoms with Crippen molar-refractivity contribution in [2.45, 2.75) is 39.2 Å². The van der Waals surface area contributed by atoms with Crippen molar-refractivity contribution in [2.75, 3.05) is 5.32 Å². The van der Waals surface area contributed by atoms with Gasteiger partial charge in [0.2, 0.25) is 0 Å². The molecular weight excluding hydrogens is 306 g/mol. The maximum atomic E-state index is 11.1. The molecule has 0 spiro atoms. The summed E-state index contributed by atoms with van der Waals surface area (Å²) >= 11 is 3.37. The summed E-state index contributed by atoms with van der Waals surface area (Å²) in [5, 5.41) is 12.6. The van der Waals surface area contributed by atoms with E-state index in [1.165, 1.54) is 12.8 Å². The second-order valence-corrected chi connectivity index (χ2v) is 6.60. The van der Waals surface area contributed by atoms with Crippen LogP contribution in [0.15, 0.2) is 22.7 Å². The molecule has 0 aromatic heterocycles. The van der Waals surface area contributed by atoms with E-state index >= 15 is 0 Å². The monoisotopic (exact) mass is 325 g/mol. The highest BCUT2D eigenvalue weighted by Gasteiger charge is 2.25. The van der Waals surface area contributed by atoms with Crippen LogP contribution in [0.25, 0.3) is 0 Å². The van der Waals surface area contributed by atoms with Gasteiger partial charge in [0, 0.05) is 16.2 Å². The van der Waals surface area contributed by atoms with Crippen LogP contribution in [-0.2, 0) is 0 Å². The minimum atomic E-state index is -0.894. The first kappa shape index (κ1) is 14.4. The summed E-state index contributed by atoms with van der Waals surface area (Å²) in [6.07, 6.45) is 3.62. The fourth-order valence-electron chi connectivity index (χ4n) is 2.89. The maximum Gasteiger partial charge on any atom is 0.335 e. The molecule has 4 heteroatoms. The normalized spacial score (nSPS) is 27.0. The lowest BCUT2D eigenvalue weighted by Crippen LogP contribution is -2.33. The Morgan fingerprint density at radius 3 is 2.68 bits per heavy atom. The highest BCUT2D eigenvalue weighted by atomic mass is 79.9. The molecule has 0 radical (unpaired) electrons. The fraction of sp³-hybridized carbons (Fsp3) is 0.533. The van der Waals surface area contributed by atoms with Crippen LogP contribution in [0.1, 0.15) is 43.5 Å². The Morgan fingerprint density at radius 1 is 1.32 bits per heavy atom. The molecule has 0 amide bonds. The first-order valence-electron chi connectivity index (χ1n) is 6.76. The van der Waals surface area contributed by atoms with Gasteiger partial charge in [-0.1, -0.05) is 29.8 Å². The average Bonchev–Trinajstić information content (AvgIpc) is 2.32. The van der Waals surface area contributed by atoms with Crippen molar-refractivity contribution < 1.29 is 9.90 Å². The van der Waals surface area contributed by atoms with Crippen LogP contribution in [0.2, 0.25) is 0 Å². The van der Waals surface area contributed by atoms with Gasteiger partial charge in [0.25, 0.3) is 0 Å². The third-order valence-corrected chi connectivity index (χ3v) is 4.39. The van der Waals surface area contributed by atoms with E-state index in [4.69, 9.17) is 5.11 Å². The van der Waals surface area contributed by atoms with Gasteiger partial charge in [0.15, 0.2) is 0 Å². The second-order valence-electron chi connectivity index (χ2n) is 5.68. The van der Waals surface area contributed by atoms with Gasteiger partial charge in [0.1, 0.15) is 0 Å². The van der Waals surface area contributed by atoms with Gasteiger partial charge in [-0.25, -0.2) is 4.79 Å². The molecule has 1 saturated carbocycles. The number of hydrogen-bond donors (Lipinski definition) is 2. The number of hydrogen-bond acceptors (Lipinski definition) is 2. The van der Waals surface area contributed by atoms with E-state index in [1.54, 1.807) is 12.1 Å². The number of nitrogens with one attached hydrogen (secondary N) is 1. The average molecular weight is 326 g/mol. The Hall–Kier alpha value is -1.03. The zero-order valence-corrected chi connectivity index (χ0v) is 12.9. The molecular formula is C15H20BrNO2. The van der Waals surface area contributed by atoms with Gasteiger partial charge >= 0.3 is 5.97 Å². The van der Waals surface area contributed by atoms with Crippen molar-refractivity contribution in [3.63, 3.8) is 0 Å². The minimum absolute atomic E-state index is 0.314. The molecule has 19 heavy (non-hydrogen) atoms. The van der Waals surface area contributed by atoms with E-state index in [-0.39, 0.29) is 0 Å². The summed E-state index contributed by atoms with van der Waals surface area (Å²) in [7, 11) is 0. The number of carboxylic acid groups (broad SMARTS) is 1. The first-order valence-corrected chi connectivity index (χ1v) is 7.55. The summed E-state index contributed by atoms with van der Waals surface area (Å²) in [6, 6.07) is 5.71. The standard InChI is InChI=1S/C15H20BrNO2/c1-9-3-4-14(10(2)5-9)17-13-7-11(15(18)19)6-12(16)8-13/h6-10,14,17H,3-5H2,1-2H3,(H,18,19). The van der Waals surface area contributed by atoms with E-state index < -0.39 is 5.97 Å². The largest absolute Gasteiger partial charge is 0.478 e. The lowest BCUT2D eigenvalue weighted by atomic mass is 9.80. The predicted molar refractivity (Wildman–Crippen MR) is 80.7 cm³/mol. The van der Waals surface area contributed by atoms with Gasteiger partial charge in [-0.15, -0.1) is 0 Å². The summed E-state index contributed by atoms with van der Waals surface area (Å²) in [5.41, 5.74) is 1.20. The number of carboxylic acids is 1. The predicted octanol–water partition coefficient (Wildman–Crippen LogP) is 4.38. The summed E-state index contributed by atoms with van der Waals surface area (Å²) in [4.78, 5) is 11.1. The van der Waals surface area contributed by atoms with Crippen molar-refractivity contribution in [1.82, 2.24) is 0 Å². The topological polar surface area (TPSA) is 49.3 Å². The molecule has 0 saturated heterocycles. The molecule has 3 atom stereocenters. The highest BCUT2D eigenvalue weighted by molar-refractivity contribution is 9.10. The number of anilines is 1. The molecule has 1 aromatic rings. The van der Waals surface area contributed by atoms with Gasteiger partial charge in [-0.05, 0) is 49.3 Å². The molecule has 0 aliphatic heterocycles. The Bertz CT molecular complexity index is 475. The van der Waals surface area contributed by atoms with Gasteiger partial charge in [-0.2, -0.15) is 0 Å². The number of aromatic carboxylic acids is 1. The van der Waals surface area contributed by atoms with Crippen molar-refractivity contribution in [2.24, 2.45) is 11.8 Å². The molecule has 1 aliphatic rings. The van der Waals surface area contributed by atoms with E-state index in [0.717, 1.165) is 22.5 Å². The first-order chi connectivity index (χ1) is 8.95. The van der Waals surface area contributed by atoms with Crippen LogP contribution in [0, 0.1) is 11.8 Å². The number of carbonyl (C=O) groups is 1. The van der Waals surface area contributed by atoms with Gasteiger partial charge < -0.3 is 10.4 Å². The third kappa shape index (κ3) is 3.72. The molecule has 1 aliphatic carbocycles. The molecule has 2 N–H and O–H groups in total. The van der Waals surface area contributed by atoms with Crippen LogP contribution >= 0.6 is 15.9 Å². The number of rotatable bonds is 3. The minimum Gasteiger partial charge on any atom is -0.478 e. The summed E-state index contributed by atoms with van der Waals surface area (Å²) in [5.74, 6) is 0.524. The summed E-state index contributed by atoms with van der Waals surface area (Å²) < 4.78 is 0.798. The van der Waals surface area contributed by atoms with Gasteiger partial charge in [-0.3, -0.25) is 0 Å². The van der Waals surface area contributed by atoms with E-state index in [0.29, 0.717) is 17.5 Å². The van der Waals surface area contributed by atoms with Crippen LogP contribution in [0.5, 0.6) is 0 Å². The third-order valence-electron chi connectivity index (χ3n) is 3.93. The molecule has 3 unspecified atom stereocenters. The summed E-state index contributed by atoms with van der Waals surface area (Å²) in [6.45, 7) is 4.57. The van der Waals surface area contributed by atoms with Crippen LogP contribution in [-0.4, -0.2) is 17.1 Å². The fourth-order valence-corrected chi connectivity index (χ4v) is 3.38. The quantitative estimate of drug-likeness (QED) is 0.866.